The predicted molar refractivity (Wildman–Crippen MR) is 43.9 cm³/mol. The molecule has 0 atom stereocenters. The molecule has 1 nitrogen and oxygen atoms in total. The summed E-state index contributed by atoms with van der Waals surface area (Å²) in [5.41, 5.74) is 2.04. The third-order valence-corrected chi connectivity index (χ3v) is 1.64. The summed E-state index contributed by atoms with van der Waals surface area (Å²) < 4.78 is 0. The van der Waals surface area contributed by atoms with Crippen LogP contribution >= 0.6 is 0 Å². The normalized spacial score (nSPS) is 9.80. The molecule has 1 heteroatoms. The molecule has 0 bridgehead atoms. The van der Waals surface area contributed by atoms with Crippen molar-refractivity contribution in [2.24, 2.45) is 5.92 Å². The highest BCUT2D eigenvalue weighted by Crippen LogP contribution is 2.09. The highest BCUT2D eigenvalue weighted by atomic mass is 16.1. The molecule has 0 fully saturated rings. The van der Waals surface area contributed by atoms with Crippen molar-refractivity contribution in [2.75, 3.05) is 0 Å². The van der Waals surface area contributed by atoms with E-state index in [1.54, 1.807) is 0 Å². The van der Waals surface area contributed by atoms with Crippen LogP contribution in [0.25, 0.3) is 0 Å². The fourth-order valence-electron chi connectivity index (χ4n) is 0.679. The van der Waals surface area contributed by atoms with Gasteiger partial charge in [-0.05, 0) is 26.3 Å². The molecule has 10 heavy (non-hydrogen) atoms. The Morgan fingerprint density at radius 2 is 1.50 bits per heavy atom. The third-order valence-electron chi connectivity index (χ3n) is 1.64. The first-order valence-corrected chi connectivity index (χ1v) is 3.65. The van der Waals surface area contributed by atoms with Crippen LogP contribution in [0.1, 0.15) is 34.6 Å². The Bertz CT molecular complexity index is 160. The van der Waals surface area contributed by atoms with Gasteiger partial charge in [-0.25, -0.2) is 0 Å². The highest BCUT2D eigenvalue weighted by Gasteiger charge is 2.09. The molecule has 0 aliphatic carbocycles. The first kappa shape index (κ1) is 9.41. The van der Waals surface area contributed by atoms with Crippen LogP contribution in [0, 0.1) is 5.92 Å². The van der Waals surface area contributed by atoms with E-state index in [9.17, 15) is 4.79 Å². The fraction of sp³-hybridized carbons (Fsp3) is 0.667. The predicted octanol–water partition coefficient (Wildman–Crippen LogP) is 2.57. The Morgan fingerprint density at radius 1 is 1.10 bits per heavy atom. The minimum Gasteiger partial charge on any atom is -0.294 e. The van der Waals surface area contributed by atoms with Gasteiger partial charge in [-0.1, -0.05) is 19.4 Å². The molecule has 0 aromatic rings. The number of carbonyl (C=O) groups excluding carboxylic acids is 1. The fourth-order valence-corrected chi connectivity index (χ4v) is 0.679. The van der Waals surface area contributed by atoms with Gasteiger partial charge in [0.1, 0.15) is 0 Å². The maximum atomic E-state index is 11.2. The molecule has 0 rings (SSSR count). The van der Waals surface area contributed by atoms with Crippen LogP contribution in [-0.2, 0) is 4.79 Å². The second-order valence-electron chi connectivity index (χ2n) is 3.14. The van der Waals surface area contributed by atoms with Crippen LogP contribution in [0.2, 0.25) is 0 Å². The number of hydrogen-bond acceptors (Lipinski definition) is 1. The molecule has 0 spiro atoms. The Hall–Kier alpha value is -0.590. The summed E-state index contributed by atoms with van der Waals surface area (Å²) in [4.78, 5) is 11.2. The first-order chi connectivity index (χ1) is 4.46. The molecule has 0 unspecified atom stereocenters. The molecule has 0 N–H and O–H groups in total. The average Bonchev–Trinajstić information content (AvgIpc) is 1.84. The number of rotatable bonds is 2. The second-order valence-corrected chi connectivity index (χ2v) is 3.14. The molecule has 0 aromatic heterocycles. The van der Waals surface area contributed by atoms with Gasteiger partial charge in [0, 0.05) is 5.92 Å². The minimum absolute atomic E-state index is 0.134. The third kappa shape index (κ3) is 2.34. The zero-order valence-electron chi connectivity index (χ0n) is 7.49. The second kappa shape index (κ2) is 3.55. The van der Waals surface area contributed by atoms with E-state index in [0.29, 0.717) is 0 Å². The molecule has 0 saturated heterocycles. The van der Waals surface area contributed by atoms with Crippen LogP contribution in [-0.4, -0.2) is 5.78 Å². The number of Topliss-reactive ketones (excluding diaryl/α,β-unsaturated/α-hetero) is 1. The van der Waals surface area contributed by atoms with E-state index in [1.165, 1.54) is 0 Å². The summed E-state index contributed by atoms with van der Waals surface area (Å²) in [5.74, 6) is 0.398. The number of ketones is 1. The Morgan fingerprint density at radius 3 is 1.60 bits per heavy atom. The topological polar surface area (TPSA) is 17.1 Å². The van der Waals surface area contributed by atoms with Crippen molar-refractivity contribution < 1.29 is 4.79 Å². The van der Waals surface area contributed by atoms with Gasteiger partial charge in [0.25, 0.3) is 0 Å². The summed E-state index contributed by atoms with van der Waals surface area (Å²) >= 11 is 0. The van der Waals surface area contributed by atoms with Gasteiger partial charge in [0.15, 0.2) is 5.78 Å². The molecular formula is C9H16O. The van der Waals surface area contributed by atoms with Crippen LogP contribution in [0.15, 0.2) is 11.1 Å². The zero-order valence-corrected chi connectivity index (χ0v) is 7.49. The van der Waals surface area contributed by atoms with Gasteiger partial charge in [0.05, 0.1) is 0 Å². The molecule has 0 aliphatic rings. The van der Waals surface area contributed by atoms with Gasteiger partial charge in [-0.2, -0.15) is 0 Å². The molecule has 0 saturated carbocycles. The van der Waals surface area contributed by atoms with Crippen molar-refractivity contribution in [2.45, 2.75) is 34.6 Å². The summed E-state index contributed by atoms with van der Waals surface area (Å²) in [7, 11) is 0. The number of hydrogen-bond donors (Lipinski definition) is 0. The summed E-state index contributed by atoms with van der Waals surface area (Å²) in [6, 6.07) is 0. The van der Waals surface area contributed by atoms with Gasteiger partial charge >= 0.3 is 0 Å². The van der Waals surface area contributed by atoms with Crippen LogP contribution in [0.3, 0.4) is 0 Å². The van der Waals surface area contributed by atoms with Crippen molar-refractivity contribution in [3.63, 3.8) is 0 Å². The summed E-state index contributed by atoms with van der Waals surface area (Å²) in [6.07, 6.45) is 0. The molecule has 0 aromatic carbocycles. The minimum atomic E-state index is 0.134. The van der Waals surface area contributed by atoms with Crippen LogP contribution in [0.5, 0.6) is 0 Å². The highest BCUT2D eigenvalue weighted by molar-refractivity contribution is 5.96. The molecular weight excluding hydrogens is 124 g/mol. The van der Waals surface area contributed by atoms with Crippen molar-refractivity contribution >= 4 is 5.78 Å². The van der Waals surface area contributed by atoms with Crippen LogP contribution < -0.4 is 0 Å². The zero-order chi connectivity index (χ0) is 8.31. The van der Waals surface area contributed by atoms with E-state index >= 15 is 0 Å². The van der Waals surface area contributed by atoms with Crippen LogP contribution in [0.4, 0.5) is 0 Å². The number of allylic oxidation sites excluding steroid dienone is 2. The molecule has 0 radical (unpaired) electrons. The molecule has 58 valence electrons. The lowest BCUT2D eigenvalue weighted by atomic mass is 9.99. The Kier molecular flexibility index (Phi) is 3.34. The maximum Gasteiger partial charge on any atom is 0.161 e. The van der Waals surface area contributed by atoms with Crippen molar-refractivity contribution in [1.29, 1.82) is 0 Å². The average molecular weight is 140 g/mol. The van der Waals surface area contributed by atoms with Gasteiger partial charge in [-0.15, -0.1) is 0 Å². The lowest BCUT2D eigenvalue weighted by Crippen LogP contribution is -2.08. The first-order valence-electron chi connectivity index (χ1n) is 3.65. The number of carbonyl (C=O) groups is 1. The largest absolute Gasteiger partial charge is 0.294 e. The quantitative estimate of drug-likeness (QED) is 0.539. The van der Waals surface area contributed by atoms with E-state index in [2.05, 4.69) is 0 Å². The van der Waals surface area contributed by atoms with Gasteiger partial charge in [-0.3, -0.25) is 4.79 Å². The smallest absolute Gasteiger partial charge is 0.161 e. The standard InChI is InChI=1S/C9H16O/c1-6(2)8(5)9(10)7(3)4/h7H,1-5H3. The lowest BCUT2D eigenvalue weighted by Gasteiger charge is -2.04. The molecule has 0 amide bonds. The van der Waals surface area contributed by atoms with E-state index < -0.39 is 0 Å². The SMILES string of the molecule is CC(C)=C(C)C(=O)C(C)C. The van der Waals surface area contributed by atoms with E-state index in [-0.39, 0.29) is 11.7 Å². The maximum absolute atomic E-state index is 11.2. The van der Waals surface area contributed by atoms with E-state index in [4.69, 9.17) is 0 Å². The van der Waals surface area contributed by atoms with Crippen molar-refractivity contribution in [3.05, 3.63) is 11.1 Å². The Balaban J connectivity index is 4.38. The van der Waals surface area contributed by atoms with E-state index in [0.717, 1.165) is 11.1 Å². The molecule has 0 aliphatic heterocycles. The van der Waals surface area contributed by atoms with Gasteiger partial charge < -0.3 is 0 Å². The monoisotopic (exact) mass is 140 g/mol. The lowest BCUT2D eigenvalue weighted by molar-refractivity contribution is -0.118. The van der Waals surface area contributed by atoms with Crippen molar-refractivity contribution in [3.8, 4) is 0 Å². The van der Waals surface area contributed by atoms with Gasteiger partial charge in [0.2, 0.25) is 0 Å². The summed E-state index contributed by atoms with van der Waals surface area (Å²) in [6.45, 7) is 9.67. The summed E-state index contributed by atoms with van der Waals surface area (Å²) in [5, 5.41) is 0. The van der Waals surface area contributed by atoms with Crippen molar-refractivity contribution in [1.82, 2.24) is 0 Å². The van der Waals surface area contributed by atoms with E-state index in [1.807, 2.05) is 34.6 Å². The Labute approximate surface area is 63.1 Å². The molecule has 0 heterocycles.